The number of benzene rings is 3. The van der Waals surface area contributed by atoms with Crippen molar-refractivity contribution in [1.82, 2.24) is 5.16 Å². The molecule has 1 N–H and O–H groups in total. The van der Waals surface area contributed by atoms with Crippen molar-refractivity contribution < 1.29 is 19.2 Å². The Kier molecular flexibility index (Phi) is 8.37. The van der Waals surface area contributed by atoms with Gasteiger partial charge in [0.25, 0.3) is 0 Å². The second kappa shape index (κ2) is 11.7. The number of halogens is 2. The number of aryl methyl sites for hydroxylation is 1. The monoisotopic (exact) mass is 535 g/mol. The molecule has 1 unspecified atom stereocenters. The van der Waals surface area contributed by atoms with Crippen LogP contribution in [0.5, 0.6) is 5.75 Å². The first-order valence-corrected chi connectivity index (χ1v) is 12.7. The smallest absolute Gasteiger partial charge is 0.335 e. The summed E-state index contributed by atoms with van der Waals surface area (Å²) in [4.78, 5) is 11.2. The summed E-state index contributed by atoms with van der Waals surface area (Å²) in [6.45, 7) is 6.43. The summed E-state index contributed by atoms with van der Waals surface area (Å²) in [7, 11) is 0. The highest BCUT2D eigenvalue weighted by Gasteiger charge is 2.24. The SMILES string of the molecule is CCC(C)c1onc(-c2c(C)cccc2Cl)c1COc1ccc(/C=C/c2cccc(C(=O)O)c2)c(Cl)c1. The van der Waals surface area contributed by atoms with Crippen LogP contribution in [0.25, 0.3) is 23.4 Å². The number of nitrogens with zero attached hydrogens (tertiary/aromatic N) is 1. The van der Waals surface area contributed by atoms with E-state index in [0.717, 1.165) is 40.0 Å². The minimum atomic E-state index is -0.966. The molecule has 3 aromatic carbocycles. The molecule has 0 aliphatic rings. The lowest BCUT2D eigenvalue weighted by atomic mass is 9.96. The first kappa shape index (κ1) is 26.5. The summed E-state index contributed by atoms with van der Waals surface area (Å²) in [6, 6.07) is 17.9. The van der Waals surface area contributed by atoms with Crippen LogP contribution in [0.15, 0.2) is 65.2 Å². The van der Waals surface area contributed by atoms with Gasteiger partial charge in [0.2, 0.25) is 0 Å². The van der Waals surface area contributed by atoms with Crippen LogP contribution in [0, 0.1) is 6.92 Å². The Labute approximate surface area is 226 Å². The zero-order chi connectivity index (χ0) is 26.5. The van der Waals surface area contributed by atoms with Crippen molar-refractivity contribution in [3.05, 3.63) is 104 Å². The van der Waals surface area contributed by atoms with Gasteiger partial charge in [-0.2, -0.15) is 0 Å². The van der Waals surface area contributed by atoms with E-state index < -0.39 is 5.97 Å². The third-order valence-corrected chi connectivity index (χ3v) is 6.92. The topological polar surface area (TPSA) is 72.6 Å². The number of ether oxygens (including phenoxy) is 1. The Bertz CT molecular complexity index is 1440. The van der Waals surface area contributed by atoms with Gasteiger partial charge in [0.1, 0.15) is 23.8 Å². The highest BCUT2D eigenvalue weighted by atomic mass is 35.5. The third-order valence-electron chi connectivity index (χ3n) is 6.28. The molecule has 4 aromatic rings. The number of hydrogen-bond donors (Lipinski definition) is 1. The van der Waals surface area contributed by atoms with Crippen LogP contribution >= 0.6 is 23.2 Å². The molecule has 4 rings (SSSR count). The number of rotatable bonds is 9. The molecule has 0 spiro atoms. The lowest BCUT2D eigenvalue weighted by Crippen LogP contribution is -2.02. The van der Waals surface area contributed by atoms with E-state index in [1.165, 1.54) is 0 Å². The molecular weight excluding hydrogens is 509 g/mol. The van der Waals surface area contributed by atoms with Gasteiger partial charge in [0.05, 0.1) is 21.2 Å². The Morgan fingerprint density at radius 1 is 1.08 bits per heavy atom. The largest absolute Gasteiger partial charge is 0.489 e. The molecule has 1 atom stereocenters. The van der Waals surface area contributed by atoms with Crippen molar-refractivity contribution >= 4 is 41.3 Å². The van der Waals surface area contributed by atoms with Gasteiger partial charge in [-0.1, -0.05) is 78.6 Å². The van der Waals surface area contributed by atoms with Gasteiger partial charge in [-0.25, -0.2) is 4.79 Å². The predicted molar refractivity (Wildman–Crippen MR) is 149 cm³/mol. The quantitative estimate of drug-likeness (QED) is 0.216. The van der Waals surface area contributed by atoms with E-state index in [-0.39, 0.29) is 18.1 Å². The number of carboxylic acids is 1. The molecule has 0 aliphatic heterocycles. The Balaban J connectivity index is 1.57. The molecule has 0 fully saturated rings. The third kappa shape index (κ3) is 6.07. The normalized spacial score (nSPS) is 12.1. The van der Waals surface area contributed by atoms with Gasteiger partial charge in [0, 0.05) is 11.5 Å². The summed E-state index contributed by atoms with van der Waals surface area (Å²) >= 11 is 13.1. The summed E-state index contributed by atoms with van der Waals surface area (Å²) in [6.07, 6.45) is 4.56. The number of carboxylic acid groups (broad SMARTS) is 1. The van der Waals surface area contributed by atoms with Gasteiger partial charge >= 0.3 is 5.97 Å². The van der Waals surface area contributed by atoms with Crippen LogP contribution in [0.3, 0.4) is 0 Å². The minimum absolute atomic E-state index is 0.165. The van der Waals surface area contributed by atoms with Crippen molar-refractivity contribution in [2.24, 2.45) is 0 Å². The van der Waals surface area contributed by atoms with E-state index in [2.05, 4.69) is 19.0 Å². The molecule has 0 radical (unpaired) electrons. The van der Waals surface area contributed by atoms with E-state index in [9.17, 15) is 9.90 Å². The van der Waals surface area contributed by atoms with E-state index in [1.54, 1.807) is 24.3 Å². The molecule has 0 saturated carbocycles. The van der Waals surface area contributed by atoms with E-state index in [1.807, 2.05) is 55.5 Å². The van der Waals surface area contributed by atoms with Gasteiger partial charge in [-0.05, 0) is 66.4 Å². The summed E-state index contributed by atoms with van der Waals surface area (Å²) in [5.41, 5.74) is 5.18. The Morgan fingerprint density at radius 3 is 2.57 bits per heavy atom. The first-order chi connectivity index (χ1) is 17.8. The summed E-state index contributed by atoms with van der Waals surface area (Å²) in [5, 5.41) is 14.7. The molecule has 0 amide bonds. The van der Waals surface area contributed by atoms with Crippen LogP contribution in [0.2, 0.25) is 10.0 Å². The van der Waals surface area contributed by atoms with Crippen molar-refractivity contribution in [3.8, 4) is 17.0 Å². The maximum absolute atomic E-state index is 11.2. The lowest BCUT2D eigenvalue weighted by Gasteiger charge is -2.12. The zero-order valence-electron chi connectivity index (χ0n) is 20.8. The average Bonchev–Trinajstić information content (AvgIpc) is 3.30. The molecule has 7 heteroatoms. The van der Waals surface area contributed by atoms with Crippen molar-refractivity contribution in [2.75, 3.05) is 0 Å². The second-order valence-electron chi connectivity index (χ2n) is 8.85. The number of aromatic nitrogens is 1. The highest BCUT2D eigenvalue weighted by molar-refractivity contribution is 6.33. The fourth-order valence-corrected chi connectivity index (χ4v) is 4.56. The fraction of sp³-hybridized carbons (Fsp3) is 0.200. The molecule has 37 heavy (non-hydrogen) atoms. The van der Waals surface area contributed by atoms with Crippen molar-refractivity contribution in [3.63, 3.8) is 0 Å². The molecule has 1 heterocycles. The fourth-order valence-electron chi connectivity index (χ4n) is 4.01. The molecule has 1 aromatic heterocycles. The molecule has 0 aliphatic carbocycles. The predicted octanol–water partition coefficient (Wildman–Crippen LogP) is 8.92. The van der Waals surface area contributed by atoms with Crippen molar-refractivity contribution in [2.45, 2.75) is 39.7 Å². The minimum Gasteiger partial charge on any atom is -0.489 e. The number of hydrogen-bond acceptors (Lipinski definition) is 4. The highest BCUT2D eigenvalue weighted by Crippen LogP contribution is 2.37. The maximum atomic E-state index is 11.2. The molecular formula is C30H27Cl2NO4. The van der Waals surface area contributed by atoms with E-state index >= 15 is 0 Å². The van der Waals surface area contributed by atoms with Gasteiger partial charge < -0.3 is 14.4 Å². The van der Waals surface area contributed by atoms with Crippen LogP contribution in [0.4, 0.5) is 0 Å². The zero-order valence-corrected chi connectivity index (χ0v) is 22.3. The first-order valence-electron chi connectivity index (χ1n) is 12.0. The molecule has 5 nitrogen and oxygen atoms in total. The van der Waals surface area contributed by atoms with Crippen molar-refractivity contribution in [1.29, 1.82) is 0 Å². The second-order valence-corrected chi connectivity index (χ2v) is 9.67. The number of carbonyl (C=O) groups is 1. The molecule has 0 saturated heterocycles. The molecule has 190 valence electrons. The van der Waals surface area contributed by atoms with Crippen LogP contribution in [-0.4, -0.2) is 16.2 Å². The van der Waals surface area contributed by atoms with Crippen LogP contribution in [0.1, 0.15) is 64.6 Å². The van der Waals surface area contributed by atoms with Crippen LogP contribution < -0.4 is 4.74 Å². The van der Waals surface area contributed by atoms with Crippen LogP contribution in [-0.2, 0) is 6.61 Å². The summed E-state index contributed by atoms with van der Waals surface area (Å²) < 4.78 is 11.9. The Hall–Kier alpha value is -3.54. The Morgan fingerprint density at radius 2 is 1.86 bits per heavy atom. The van der Waals surface area contributed by atoms with Gasteiger partial charge in [-0.15, -0.1) is 0 Å². The van der Waals surface area contributed by atoms with Gasteiger partial charge in [-0.3, -0.25) is 0 Å². The number of aromatic carboxylic acids is 1. The molecule has 0 bridgehead atoms. The van der Waals surface area contributed by atoms with E-state index in [0.29, 0.717) is 21.5 Å². The summed E-state index contributed by atoms with van der Waals surface area (Å²) in [5.74, 6) is 0.588. The maximum Gasteiger partial charge on any atom is 0.335 e. The average molecular weight is 536 g/mol. The lowest BCUT2D eigenvalue weighted by molar-refractivity contribution is 0.0697. The van der Waals surface area contributed by atoms with Gasteiger partial charge in [0.15, 0.2) is 0 Å². The standard InChI is InChI=1S/C30H27Cl2NO4/c1-4-18(2)29-24(28(33-37-29)27-19(3)7-5-10-25(27)31)17-36-23-14-13-21(26(32)16-23)12-11-20-8-6-9-22(15-20)30(34)35/h5-16,18H,4,17H2,1-3H3,(H,34,35)/b12-11+. The van der Waals surface area contributed by atoms with E-state index in [4.69, 9.17) is 32.5 Å².